The van der Waals surface area contributed by atoms with Crippen molar-refractivity contribution in [3.8, 4) is 0 Å². The van der Waals surface area contributed by atoms with Crippen LogP contribution >= 0.6 is 11.8 Å². The SMILES string of the molecule is O=C1NC(=Nc2ccccn2)SC1=Cc1cnc2ccccc2n1. The van der Waals surface area contributed by atoms with Crippen molar-refractivity contribution < 1.29 is 4.79 Å². The summed E-state index contributed by atoms with van der Waals surface area (Å²) in [5, 5.41) is 3.23. The number of fused-ring (bicyclic) bond motifs is 1. The first-order chi connectivity index (χ1) is 11.8. The van der Waals surface area contributed by atoms with Gasteiger partial charge in [0, 0.05) is 6.20 Å². The lowest BCUT2D eigenvalue weighted by molar-refractivity contribution is -0.115. The van der Waals surface area contributed by atoms with Crippen LogP contribution in [0.4, 0.5) is 5.82 Å². The quantitative estimate of drug-likeness (QED) is 0.729. The molecular formula is C17H11N5OS. The second-order valence-electron chi connectivity index (χ2n) is 4.95. The van der Waals surface area contributed by atoms with Crippen molar-refractivity contribution in [1.82, 2.24) is 20.3 Å². The van der Waals surface area contributed by atoms with Crippen LogP contribution in [0.2, 0.25) is 0 Å². The number of para-hydroxylation sites is 2. The van der Waals surface area contributed by atoms with Crippen LogP contribution in [0.1, 0.15) is 5.69 Å². The Bertz CT molecular complexity index is 984. The van der Waals surface area contributed by atoms with Gasteiger partial charge in [0.05, 0.1) is 27.8 Å². The molecule has 0 spiro atoms. The Morgan fingerprint density at radius 1 is 1.04 bits per heavy atom. The van der Waals surface area contributed by atoms with E-state index in [9.17, 15) is 4.79 Å². The highest BCUT2D eigenvalue weighted by atomic mass is 32.2. The lowest BCUT2D eigenvalue weighted by atomic mass is 10.3. The first-order valence-electron chi connectivity index (χ1n) is 7.20. The fourth-order valence-electron chi connectivity index (χ4n) is 2.18. The summed E-state index contributed by atoms with van der Waals surface area (Å²) in [5.41, 5.74) is 2.24. The number of pyridine rings is 1. The molecule has 6 nitrogen and oxygen atoms in total. The van der Waals surface area contributed by atoms with Gasteiger partial charge in [-0.1, -0.05) is 18.2 Å². The molecule has 3 heterocycles. The molecule has 2 aromatic heterocycles. The van der Waals surface area contributed by atoms with Crippen molar-refractivity contribution in [2.24, 2.45) is 4.99 Å². The number of rotatable bonds is 2. The van der Waals surface area contributed by atoms with Gasteiger partial charge in [-0.25, -0.2) is 15.0 Å². The number of benzene rings is 1. The standard InChI is InChI=1S/C17H11N5OS/c23-16-14(24-17(22-16)21-15-7-3-4-8-18-15)9-11-10-19-12-5-1-2-6-13(12)20-11/h1-10H,(H,18,21,22,23). The second-order valence-corrected chi connectivity index (χ2v) is 5.98. The van der Waals surface area contributed by atoms with Crippen molar-refractivity contribution in [2.45, 2.75) is 0 Å². The minimum Gasteiger partial charge on any atom is -0.300 e. The summed E-state index contributed by atoms with van der Waals surface area (Å²) in [6.45, 7) is 0. The molecular weight excluding hydrogens is 322 g/mol. The summed E-state index contributed by atoms with van der Waals surface area (Å²) in [6, 6.07) is 13.0. The summed E-state index contributed by atoms with van der Waals surface area (Å²) < 4.78 is 0. The van der Waals surface area contributed by atoms with Crippen LogP contribution in [-0.4, -0.2) is 26.0 Å². The maximum atomic E-state index is 12.1. The molecule has 116 valence electrons. The fraction of sp³-hybridized carbons (Fsp3) is 0. The number of carbonyl (C=O) groups excluding carboxylic acids is 1. The van der Waals surface area contributed by atoms with Crippen LogP contribution in [0.3, 0.4) is 0 Å². The van der Waals surface area contributed by atoms with E-state index >= 15 is 0 Å². The predicted molar refractivity (Wildman–Crippen MR) is 94.6 cm³/mol. The molecule has 1 aromatic carbocycles. The smallest absolute Gasteiger partial charge is 0.264 e. The van der Waals surface area contributed by atoms with Gasteiger partial charge < -0.3 is 5.32 Å². The summed E-state index contributed by atoms with van der Waals surface area (Å²) in [4.78, 5) is 29.9. The first kappa shape index (κ1) is 14.5. The summed E-state index contributed by atoms with van der Waals surface area (Å²) in [6.07, 6.45) is 5.01. The summed E-state index contributed by atoms with van der Waals surface area (Å²) in [7, 11) is 0. The van der Waals surface area contributed by atoms with Crippen LogP contribution in [0, 0.1) is 0 Å². The number of amidine groups is 1. The molecule has 7 heteroatoms. The number of nitrogens with zero attached hydrogens (tertiary/aromatic N) is 4. The van der Waals surface area contributed by atoms with Gasteiger partial charge in [0.1, 0.15) is 0 Å². The topological polar surface area (TPSA) is 80.1 Å². The van der Waals surface area contributed by atoms with E-state index in [2.05, 4.69) is 25.3 Å². The normalized spacial score (nSPS) is 17.6. The third kappa shape index (κ3) is 3.02. The zero-order valence-electron chi connectivity index (χ0n) is 12.4. The largest absolute Gasteiger partial charge is 0.300 e. The molecule has 0 unspecified atom stereocenters. The van der Waals surface area contributed by atoms with Crippen LogP contribution in [0.25, 0.3) is 17.1 Å². The molecule has 0 atom stereocenters. The molecule has 3 aromatic rings. The van der Waals surface area contributed by atoms with Gasteiger partial charge in [-0.2, -0.15) is 0 Å². The van der Waals surface area contributed by atoms with Gasteiger partial charge in [-0.05, 0) is 42.1 Å². The van der Waals surface area contributed by atoms with Crippen LogP contribution in [-0.2, 0) is 4.79 Å². The molecule has 0 aliphatic carbocycles. The molecule has 0 radical (unpaired) electrons. The van der Waals surface area contributed by atoms with Gasteiger partial charge in [-0.3, -0.25) is 9.78 Å². The van der Waals surface area contributed by atoms with Gasteiger partial charge in [0.2, 0.25) is 0 Å². The van der Waals surface area contributed by atoms with E-state index in [0.717, 1.165) is 11.0 Å². The summed E-state index contributed by atoms with van der Waals surface area (Å²) >= 11 is 1.26. The Hall–Kier alpha value is -3.06. The van der Waals surface area contributed by atoms with Gasteiger partial charge in [0.15, 0.2) is 11.0 Å². The van der Waals surface area contributed by atoms with E-state index < -0.39 is 0 Å². The predicted octanol–water partition coefficient (Wildman–Crippen LogP) is 2.92. The third-order valence-electron chi connectivity index (χ3n) is 3.26. The first-order valence-corrected chi connectivity index (χ1v) is 8.02. The number of amides is 1. The van der Waals surface area contributed by atoms with Crippen molar-refractivity contribution >= 4 is 45.8 Å². The molecule has 24 heavy (non-hydrogen) atoms. The Balaban J connectivity index is 1.62. The highest BCUT2D eigenvalue weighted by Gasteiger charge is 2.24. The number of carbonyl (C=O) groups is 1. The van der Waals surface area contributed by atoms with E-state index in [0.29, 0.717) is 21.6 Å². The fourth-order valence-corrected chi connectivity index (χ4v) is 2.99. The molecule has 4 rings (SSSR count). The minimum absolute atomic E-state index is 0.204. The summed E-state index contributed by atoms with van der Waals surface area (Å²) in [5.74, 6) is 0.344. The molecule has 0 bridgehead atoms. The van der Waals surface area contributed by atoms with Gasteiger partial charge in [-0.15, -0.1) is 0 Å². The van der Waals surface area contributed by atoms with Crippen LogP contribution in [0.5, 0.6) is 0 Å². The Morgan fingerprint density at radius 3 is 2.71 bits per heavy atom. The Kier molecular flexibility index (Phi) is 3.76. The number of aliphatic imine (C=N–C) groups is 1. The van der Waals surface area contributed by atoms with Crippen molar-refractivity contribution in [3.63, 3.8) is 0 Å². The van der Waals surface area contributed by atoms with Crippen LogP contribution < -0.4 is 5.32 Å². The number of hydrogen-bond acceptors (Lipinski definition) is 6. The lowest BCUT2D eigenvalue weighted by Crippen LogP contribution is -2.19. The van der Waals surface area contributed by atoms with E-state index in [4.69, 9.17) is 0 Å². The molecule has 1 amide bonds. The second kappa shape index (κ2) is 6.21. The van der Waals surface area contributed by atoms with E-state index in [1.165, 1.54) is 11.8 Å². The van der Waals surface area contributed by atoms with Gasteiger partial charge in [0.25, 0.3) is 5.91 Å². The molecule has 1 saturated heterocycles. The van der Waals surface area contributed by atoms with Crippen molar-refractivity contribution in [2.75, 3.05) is 0 Å². The highest BCUT2D eigenvalue weighted by Crippen LogP contribution is 2.27. The highest BCUT2D eigenvalue weighted by molar-refractivity contribution is 8.18. The van der Waals surface area contributed by atoms with E-state index in [1.807, 2.05) is 36.4 Å². The number of hydrogen-bond donors (Lipinski definition) is 1. The number of nitrogens with one attached hydrogen (secondary N) is 1. The molecule has 1 N–H and O–H groups in total. The number of thioether (sulfide) groups is 1. The lowest BCUT2D eigenvalue weighted by Gasteiger charge is -1.98. The monoisotopic (exact) mass is 333 g/mol. The average Bonchev–Trinajstić information content (AvgIpc) is 2.95. The van der Waals surface area contributed by atoms with Crippen molar-refractivity contribution in [1.29, 1.82) is 0 Å². The number of aromatic nitrogens is 3. The van der Waals surface area contributed by atoms with E-state index in [-0.39, 0.29) is 5.91 Å². The minimum atomic E-state index is -0.204. The van der Waals surface area contributed by atoms with Crippen molar-refractivity contribution in [3.05, 3.63) is 65.5 Å². The van der Waals surface area contributed by atoms with Gasteiger partial charge >= 0.3 is 0 Å². The maximum absolute atomic E-state index is 12.1. The zero-order valence-corrected chi connectivity index (χ0v) is 13.2. The average molecular weight is 333 g/mol. The molecule has 0 saturated carbocycles. The molecule has 1 aliphatic heterocycles. The Morgan fingerprint density at radius 2 is 1.88 bits per heavy atom. The zero-order chi connectivity index (χ0) is 16.4. The molecule has 1 aliphatic rings. The Labute approximate surface area is 141 Å². The van der Waals surface area contributed by atoms with Crippen LogP contribution in [0.15, 0.2) is 64.8 Å². The third-order valence-corrected chi connectivity index (χ3v) is 4.17. The molecule has 1 fully saturated rings. The maximum Gasteiger partial charge on any atom is 0.264 e. The van der Waals surface area contributed by atoms with E-state index in [1.54, 1.807) is 24.5 Å².